The predicted molar refractivity (Wildman–Crippen MR) is 50.8 cm³/mol. The van der Waals surface area contributed by atoms with E-state index in [1.54, 1.807) is 6.08 Å². The highest BCUT2D eigenvalue weighted by molar-refractivity contribution is 5.84. The molecule has 0 aromatic heterocycles. The number of hydrogen-bond acceptors (Lipinski definition) is 1. The van der Waals surface area contributed by atoms with E-state index in [-0.39, 0.29) is 0 Å². The minimum atomic E-state index is 0.391. The molecular formula is C11H14O. The van der Waals surface area contributed by atoms with Gasteiger partial charge in [-0.2, -0.15) is 0 Å². The van der Waals surface area contributed by atoms with Crippen LogP contribution in [-0.2, 0) is 4.79 Å². The highest BCUT2D eigenvalue weighted by Gasteiger charge is 2.26. The van der Waals surface area contributed by atoms with Crippen LogP contribution in [0.2, 0.25) is 0 Å². The lowest BCUT2D eigenvalue weighted by molar-refractivity contribution is -0.126. The van der Waals surface area contributed by atoms with Gasteiger partial charge < -0.3 is 0 Å². The van der Waals surface area contributed by atoms with Gasteiger partial charge in [0.2, 0.25) is 0 Å². The van der Waals surface area contributed by atoms with Gasteiger partial charge >= 0.3 is 0 Å². The molecule has 0 aromatic rings. The molecular weight excluding hydrogens is 148 g/mol. The van der Waals surface area contributed by atoms with Crippen LogP contribution < -0.4 is 0 Å². The van der Waals surface area contributed by atoms with Crippen LogP contribution in [0.4, 0.5) is 0 Å². The Hall–Kier alpha value is -1.11. The normalized spacial score (nSPS) is 18.7. The van der Waals surface area contributed by atoms with Gasteiger partial charge in [-0.05, 0) is 17.9 Å². The zero-order chi connectivity index (χ0) is 8.97. The highest BCUT2D eigenvalue weighted by atomic mass is 16.1. The van der Waals surface area contributed by atoms with Gasteiger partial charge in [-0.15, -0.1) is 0 Å². The molecule has 1 fully saturated rings. The fourth-order valence-corrected chi connectivity index (χ4v) is 1.43. The molecule has 1 rings (SSSR count). The van der Waals surface area contributed by atoms with Crippen LogP contribution in [-0.4, -0.2) is 5.78 Å². The Labute approximate surface area is 73.5 Å². The third kappa shape index (κ3) is 2.19. The summed E-state index contributed by atoms with van der Waals surface area (Å²) in [6.45, 7) is 7.33. The number of carbonyl (C=O) groups is 1. The van der Waals surface area contributed by atoms with E-state index in [1.807, 2.05) is 12.2 Å². The molecule has 1 heteroatoms. The standard InChI is InChI=1S/C11H14O/c1-3-5-9(4-2)6-10-7-11(12)8-10/h3-5,10H,1-2,6-8H2/b9-5+. The van der Waals surface area contributed by atoms with Crippen molar-refractivity contribution in [2.45, 2.75) is 19.3 Å². The molecule has 0 aliphatic heterocycles. The number of hydrogen-bond donors (Lipinski definition) is 0. The number of ketones is 1. The van der Waals surface area contributed by atoms with Crippen molar-refractivity contribution in [1.82, 2.24) is 0 Å². The molecule has 0 saturated heterocycles. The van der Waals surface area contributed by atoms with Crippen LogP contribution in [0, 0.1) is 5.92 Å². The SMILES string of the molecule is C=C/C=C(\C=C)CC1CC(=O)C1. The molecule has 0 bridgehead atoms. The van der Waals surface area contributed by atoms with Crippen molar-refractivity contribution in [2.75, 3.05) is 0 Å². The lowest BCUT2D eigenvalue weighted by atomic mass is 9.79. The first kappa shape index (κ1) is 8.98. The molecule has 1 aliphatic carbocycles. The van der Waals surface area contributed by atoms with Crippen LogP contribution in [0.25, 0.3) is 0 Å². The zero-order valence-corrected chi connectivity index (χ0v) is 7.25. The Morgan fingerprint density at radius 3 is 2.58 bits per heavy atom. The van der Waals surface area contributed by atoms with Crippen LogP contribution >= 0.6 is 0 Å². The number of carbonyl (C=O) groups excluding carboxylic acids is 1. The van der Waals surface area contributed by atoms with Crippen molar-refractivity contribution in [3.63, 3.8) is 0 Å². The number of Topliss-reactive ketones (excluding diaryl/α,β-unsaturated/α-hetero) is 1. The maximum atomic E-state index is 10.7. The van der Waals surface area contributed by atoms with E-state index in [1.165, 1.54) is 5.57 Å². The summed E-state index contributed by atoms with van der Waals surface area (Å²) in [5.74, 6) is 0.948. The largest absolute Gasteiger partial charge is 0.300 e. The summed E-state index contributed by atoms with van der Waals surface area (Å²) in [4.78, 5) is 10.7. The second-order valence-electron chi connectivity index (χ2n) is 3.20. The van der Waals surface area contributed by atoms with Gasteiger partial charge in [0.05, 0.1) is 0 Å². The minimum absolute atomic E-state index is 0.391. The maximum Gasteiger partial charge on any atom is 0.133 e. The molecule has 64 valence electrons. The molecule has 0 N–H and O–H groups in total. The van der Waals surface area contributed by atoms with E-state index in [0.29, 0.717) is 11.7 Å². The fraction of sp³-hybridized carbons (Fsp3) is 0.364. The fourth-order valence-electron chi connectivity index (χ4n) is 1.43. The highest BCUT2D eigenvalue weighted by Crippen LogP contribution is 2.29. The summed E-state index contributed by atoms with van der Waals surface area (Å²) in [6, 6.07) is 0. The monoisotopic (exact) mass is 162 g/mol. The topological polar surface area (TPSA) is 17.1 Å². The molecule has 1 aliphatic rings. The Morgan fingerprint density at radius 1 is 1.50 bits per heavy atom. The van der Waals surface area contributed by atoms with Crippen LogP contribution in [0.15, 0.2) is 37.0 Å². The van der Waals surface area contributed by atoms with Gasteiger partial charge in [-0.3, -0.25) is 4.79 Å². The van der Waals surface area contributed by atoms with Crippen molar-refractivity contribution in [2.24, 2.45) is 5.92 Å². The van der Waals surface area contributed by atoms with E-state index in [2.05, 4.69) is 13.2 Å². The lowest BCUT2D eigenvalue weighted by Gasteiger charge is -2.24. The Kier molecular flexibility index (Phi) is 3.03. The van der Waals surface area contributed by atoms with Gasteiger partial charge in [-0.25, -0.2) is 0 Å². The van der Waals surface area contributed by atoms with Gasteiger partial charge in [0.25, 0.3) is 0 Å². The first-order valence-corrected chi connectivity index (χ1v) is 4.22. The Morgan fingerprint density at radius 2 is 2.17 bits per heavy atom. The first-order chi connectivity index (χ1) is 5.76. The van der Waals surface area contributed by atoms with Gasteiger partial charge in [-0.1, -0.05) is 31.4 Å². The summed E-state index contributed by atoms with van der Waals surface area (Å²) in [5, 5.41) is 0. The molecule has 0 atom stereocenters. The zero-order valence-electron chi connectivity index (χ0n) is 7.25. The minimum Gasteiger partial charge on any atom is -0.300 e. The smallest absolute Gasteiger partial charge is 0.133 e. The summed E-state index contributed by atoms with van der Waals surface area (Å²) in [6.07, 6.45) is 8.03. The summed E-state index contributed by atoms with van der Waals surface area (Å²) >= 11 is 0. The second kappa shape index (κ2) is 4.05. The molecule has 1 nitrogen and oxygen atoms in total. The molecule has 0 spiro atoms. The van der Waals surface area contributed by atoms with Gasteiger partial charge in [0, 0.05) is 12.8 Å². The molecule has 1 saturated carbocycles. The molecule has 0 unspecified atom stereocenters. The van der Waals surface area contributed by atoms with Crippen molar-refractivity contribution < 1.29 is 4.79 Å². The molecule has 0 aromatic carbocycles. The van der Waals surface area contributed by atoms with Gasteiger partial charge in [0.1, 0.15) is 5.78 Å². The summed E-state index contributed by atoms with van der Waals surface area (Å²) in [5.41, 5.74) is 1.18. The van der Waals surface area contributed by atoms with Crippen molar-refractivity contribution in [3.05, 3.63) is 37.0 Å². The van der Waals surface area contributed by atoms with E-state index >= 15 is 0 Å². The van der Waals surface area contributed by atoms with E-state index < -0.39 is 0 Å². The average Bonchev–Trinajstić information content (AvgIpc) is 2.00. The average molecular weight is 162 g/mol. The molecule has 0 radical (unpaired) electrons. The number of rotatable bonds is 4. The van der Waals surface area contributed by atoms with Crippen molar-refractivity contribution >= 4 is 5.78 Å². The summed E-state index contributed by atoms with van der Waals surface area (Å²) in [7, 11) is 0. The second-order valence-corrected chi connectivity index (χ2v) is 3.20. The predicted octanol–water partition coefficient (Wildman–Crippen LogP) is 2.65. The lowest BCUT2D eigenvalue weighted by Crippen LogP contribution is -2.23. The van der Waals surface area contributed by atoms with Crippen LogP contribution in [0.1, 0.15) is 19.3 Å². The third-order valence-electron chi connectivity index (χ3n) is 2.15. The Balaban J connectivity index is 2.38. The van der Waals surface area contributed by atoms with E-state index in [4.69, 9.17) is 0 Å². The maximum absolute atomic E-state index is 10.7. The Bertz CT molecular complexity index is 227. The van der Waals surface area contributed by atoms with Crippen LogP contribution in [0.3, 0.4) is 0 Å². The van der Waals surface area contributed by atoms with Crippen LogP contribution in [0.5, 0.6) is 0 Å². The molecule has 0 amide bonds. The van der Waals surface area contributed by atoms with Crippen molar-refractivity contribution in [3.8, 4) is 0 Å². The first-order valence-electron chi connectivity index (χ1n) is 4.22. The molecule has 0 heterocycles. The third-order valence-corrected chi connectivity index (χ3v) is 2.15. The quantitative estimate of drug-likeness (QED) is 0.581. The summed E-state index contributed by atoms with van der Waals surface area (Å²) < 4.78 is 0. The van der Waals surface area contributed by atoms with E-state index in [0.717, 1.165) is 19.3 Å². The van der Waals surface area contributed by atoms with Crippen molar-refractivity contribution in [1.29, 1.82) is 0 Å². The van der Waals surface area contributed by atoms with Gasteiger partial charge in [0.15, 0.2) is 0 Å². The van der Waals surface area contributed by atoms with E-state index in [9.17, 15) is 4.79 Å². The molecule has 12 heavy (non-hydrogen) atoms. The number of allylic oxidation sites excluding steroid dienone is 4.